The fourth-order valence-corrected chi connectivity index (χ4v) is 1.58. The van der Waals surface area contributed by atoms with Gasteiger partial charge < -0.3 is 0 Å². The Kier molecular flexibility index (Phi) is 3.43. The topological polar surface area (TPSA) is 30.7 Å². The summed E-state index contributed by atoms with van der Waals surface area (Å²) in [6.45, 7) is 3.69. The first-order valence-corrected chi connectivity index (χ1v) is 5.88. The standard InChI is InChI=1S/C12H13ClFN3/c1-3-10(13)12-7-17(16-15-12)9-5-4-8(2)11(14)6-9/h4-7,10H,3H2,1-2H3. The van der Waals surface area contributed by atoms with E-state index in [1.165, 1.54) is 10.7 Å². The molecule has 0 bridgehead atoms. The predicted octanol–water partition coefficient (Wildman–Crippen LogP) is 3.40. The molecule has 0 spiro atoms. The van der Waals surface area contributed by atoms with Crippen LogP contribution in [0.5, 0.6) is 0 Å². The summed E-state index contributed by atoms with van der Waals surface area (Å²) in [5.41, 5.74) is 1.96. The number of rotatable bonds is 3. The molecule has 0 saturated carbocycles. The van der Waals surface area contributed by atoms with Crippen molar-refractivity contribution in [2.75, 3.05) is 0 Å². The molecule has 0 aliphatic heterocycles. The molecule has 3 nitrogen and oxygen atoms in total. The molecule has 90 valence electrons. The molecule has 0 amide bonds. The highest BCUT2D eigenvalue weighted by atomic mass is 35.5. The van der Waals surface area contributed by atoms with Gasteiger partial charge in [0.15, 0.2) is 0 Å². The monoisotopic (exact) mass is 253 g/mol. The first kappa shape index (κ1) is 12.0. The number of nitrogens with zero attached hydrogens (tertiary/aromatic N) is 3. The maximum Gasteiger partial charge on any atom is 0.128 e. The summed E-state index contributed by atoms with van der Waals surface area (Å²) in [7, 11) is 0. The number of aryl methyl sites for hydroxylation is 1. The van der Waals surface area contributed by atoms with Gasteiger partial charge in [-0.15, -0.1) is 16.7 Å². The lowest BCUT2D eigenvalue weighted by molar-refractivity contribution is 0.615. The number of aromatic nitrogens is 3. The molecule has 1 aromatic carbocycles. The molecular formula is C12H13ClFN3. The third-order valence-corrected chi connectivity index (χ3v) is 3.14. The lowest BCUT2D eigenvalue weighted by Crippen LogP contribution is -1.96. The van der Waals surface area contributed by atoms with Gasteiger partial charge in [0, 0.05) is 0 Å². The van der Waals surface area contributed by atoms with Gasteiger partial charge in [0.05, 0.1) is 17.3 Å². The third kappa shape index (κ3) is 2.47. The van der Waals surface area contributed by atoms with Crippen LogP contribution in [0.25, 0.3) is 5.69 Å². The third-order valence-electron chi connectivity index (χ3n) is 2.61. The smallest absolute Gasteiger partial charge is 0.128 e. The van der Waals surface area contributed by atoms with Gasteiger partial charge in [-0.3, -0.25) is 0 Å². The Hall–Kier alpha value is -1.42. The number of halogens is 2. The molecule has 0 fully saturated rings. The summed E-state index contributed by atoms with van der Waals surface area (Å²) < 4.78 is 14.9. The first-order chi connectivity index (χ1) is 8.11. The normalized spacial score (nSPS) is 12.7. The van der Waals surface area contributed by atoms with E-state index in [2.05, 4.69) is 10.3 Å². The van der Waals surface area contributed by atoms with Gasteiger partial charge in [-0.1, -0.05) is 18.2 Å². The second-order valence-electron chi connectivity index (χ2n) is 3.90. The van der Waals surface area contributed by atoms with E-state index >= 15 is 0 Å². The molecule has 0 N–H and O–H groups in total. The molecule has 0 aliphatic carbocycles. The van der Waals surface area contributed by atoms with Crippen molar-refractivity contribution >= 4 is 11.6 Å². The van der Waals surface area contributed by atoms with Crippen LogP contribution in [0, 0.1) is 12.7 Å². The van der Waals surface area contributed by atoms with Crippen molar-refractivity contribution in [1.82, 2.24) is 15.0 Å². The average Bonchev–Trinajstić information content (AvgIpc) is 2.81. The summed E-state index contributed by atoms with van der Waals surface area (Å²) in [4.78, 5) is 0. The Morgan fingerprint density at radius 2 is 2.24 bits per heavy atom. The van der Waals surface area contributed by atoms with E-state index in [0.717, 1.165) is 6.42 Å². The molecule has 0 aliphatic rings. The zero-order chi connectivity index (χ0) is 12.4. The molecule has 1 heterocycles. The highest BCUT2D eigenvalue weighted by Gasteiger charge is 2.11. The van der Waals surface area contributed by atoms with Crippen molar-refractivity contribution in [3.63, 3.8) is 0 Å². The van der Waals surface area contributed by atoms with E-state index < -0.39 is 0 Å². The van der Waals surface area contributed by atoms with E-state index in [1.54, 1.807) is 25.3 Å². The zero-order valence-electron chi connectivity index (χ0n) is 9.69. The zero-order valence-corrected chi connectivity index (χ0v) is 10.4. The van der Waals surface area contributed by atoms with Gasteiger partial charge in [0.2, 0.25) is 0 Å². The SMILES string of the molecule is CCC(Cl)c1cn(-c2ccc(C)c(F)c2)nn1. The van der Waals surface area contributed by atoms with Gasteiger partial charge in [0.1, 0.15) is 11.5 Å². The van der Waals surface area contributed by atoms with Crippen LogP contribution < -0.4 is 0 Å². The number of benzene rings is 1. The van der Waals surface area contributed by atoms with E-state index in [4.69, 9.17) is 11.6 Å². The number of hydrogen-bond acceptors (Lipinski definition) is 2. The minimum absolute atomic E-state index is 0.154. The van der Waals surface area contributed by atoms with E-state index in [1.807, 2.05) is 6.92 Å². The summed E-state index contributed by atoms with van der Waals surface area (Å²) in [6, 6.07) is 4.94. The van der Waals surface area contributed by atoms with Gasteiger partial charge in [0.25, 0.3) is 0 Å². The van der Waals surface area contributed by atoms with Gasteiger partial charge in [-0.2, -0.15) is 0 Å². The predicted molar refractivity (Wildman–Crippen MR) is 64.9 cm³/mol. The molecule has 1 unspecified atom stereocenters. The van der Waals surface area contributed by atoms with Crippen LogP contribution >= 0.6 is 11.6 Å². The van der Waals surface area contributed by atoms with Crippen LogP contribution in [0.1, 0.15) is 30.0 Å². The van der Waals surface area contributed by atoms with Crippen LogP contribution in [0.15, 0.2) is 24.4 Å². The molecule has 0 radical (unpaired) electrons. The lowest BCUT2D eigenvalue weighted by Gasteiger charge is -2.02. The van der Waals surface area contributed by atoms with Crippen LogP contribution in [-0.2, 0) is 0 Å². The van der Waals surface area contributed by atoms with Crippen LogP contribution in [0.4, 0.5) is 4.39 Å². The largest absolute Gasteiger partial charge is 0.220 e. The van der Waals surface area contributed by atoms with Crippen molar-refractivity contribution < 1.29 is 4.39 Å². The van der Waals surface area contributed by atoms with Crippen LogP contribution in [0.2, 0.25) is 0 Å². The second-order valence-corrected chi connectivity index (χ2v) is 4.42. The molecule has 2 rings (SSSR count). The number of hydrogen-bond donors (Lipinski definition) is 0. The maximum absolute atomic E-state index is 13.4. The van der Waals surface area contributed by atoms with Crippen molar-refractivity contribution in [3.8, 4) is 5.69 Å². The minimum atomic E-state index is -0.252. The Morgan fingerprint density at radius 3 is 2.88 bits per heavy atom. The maximum atomic E-state index is 13.4. The van der Waals surface area contributed by atoms with Gasteiger partial charge in [-0.05, 0) is 31.0 Å². The highest BCUT2D eigenvalue weighted by molar-refractivity contribution is 6.20. The fraction of sp³-hybridized carbons (Fsp3) is 0.333. The van der Waals surface area contributed by atoms with E-state index in [-0.39, 0.29) is 11.2 Å². The Morgan fingerprint density at radius 1 is 1.47 bits per heavy atom. The molecule has 5 heteroatoms. The highest BCUT2D eigenvalue weighted by Crippen LogP contribution is 2.22. The summed E-state index contributed by atoms with van der Waals surface area (Å²) in [6.07, 6.45) is 2.51. The van der Waals surface area contributed by atoms with E-state index in [9.17, 15) is 4.39 Å². The average molecular weight is 254 g/mol. The van der Waals surface area contributed by atoms with Crippen LogP contribution in [-0.4, -0.2) is 15.0 Å². The molecule has 17 heavy (non-hydrogen) atoms. The van der Waals surface area contributed by atoms with E-state index in [0.29, 0.717) is 16.9 Å². The van der Waals surface area contributed by atoms with Crippen molar-refractivity contribution in [2.24, 2.45) is 0 Å². The lowest BCUT2D eigenvalue weighted by atomic mass is 10.2. The summed E-state index contributed by atoms with van der Waals surface area (Å²) in [5.74, 6) is -0.252. The molecule has 2 aromatic rings. The van der Waals surface area contributed by atoms with Crippen molar-refractivity contribution in [3.05, 3.63) is 41.5 Å². The van der Waals surface area contributed by atoms with Crippen molar-refractivity contribution in [1.29, 1.82) is 0 Å². The molecule has 1 atom stereocenters. The van der Waals surface area contributed by atoms with Crippen molar-refractivity contribution in [2.45, 2.75) is 25.6 Å². The molecule has 0 saturated heterocycles. The Bertz CT molecular complexity index is 524. The van der Waals surface area contributed by atoms with Crippen LogP contribution in [0.3, 0.4) is 0 Å². The summed E-state index contributed by atoms with van der Waals surface area (Å²) >= 11 is 6.06. The quantitative estimate of drug-likeness (QED) is 0.785. The molecule has 1 aromatic heterocycles. The Balaban J connectivity index is 2.33. The molecular weight excluding hydrogens is 241 g/mol. The minimum Gasteiger partial charge on any atom is -0.220 e. The van der Waals surface area contributed by atoms with Gasteiger partial charge >= 0.3 is 0 Å². The number of alkyl halides is 1. The second kappa shape index (κ2) is 4.84. The summed E-state index contributed by atoms with van der Waals surface area (Å²) in [5, 5.41) is 7.76. The first-order valence-electron chi connectivity index (χ1n) is 5.44. The Labute approximate surface area is 104 Å². The fourth-order valence-electron chi connectivity index (χ4n) is 1.48. The van der Waals surface area contributed by atoms with Gasteiger partial charge in [-0.25, -0.2) is 9.07 Å².